The van der Waals surface area contributed by atoms with Gasteiger partial charge in [0.1, 0.15) is 5.76 Å². The third-order valence-corrected chi connectivity index (χ3v) is 5.29. The fraction of sp³-hybridized carbons (Fsp3) is 0.136. The van der Waals surface area contributed by atoms with Gasteiger partial charge in [0.05, 0.1) is 11.4 Å². The maximum absolute atomic E-state index is 12.0. The minimum atomic E-state index is -0.172. The van der Waals surface area contributed by atoms with Crippen LogP contribution >= 0.6 is 11.8 Å². The lowest BCUT2D eigenvalue weighted by atomic mass is 10.1. The lowest BCUT2D eigenvalue weighted by Gasteiger charge is -2.03. The molecule has 0 saturated heterocycles. The number of rotatable bonds is 5. The molecule has 6 heteroatoms. The monoisotopic (exact) mass is 389 g/mol. The molecule has 0 bridgehead atoms. The first-order valence-corrected chi connectivity index (χ1v) is 9.90. The number of nitrogens with zero attached hydrogens (tertiary/aromatic N) is 2. The van der Waals surface area contributed by atoms with Crippen molar-refractivity contribution >= 4 is 11.8 Å². The number of hydrogen-bond acceptors (Lipinski definition) is 5. The van der Waals surface area contributed by atoms with Crippen LogP contribution in [0.1, 0.15) is 17.0 Å². The highest BCUT2D eigenvalue weighted by Crippen LogP contribution is 2.28. The second-order valence-corrected chi connectivity index (χ2v) is 7.39. The highest BCUT2D eigenvalue weighted by atomic mass is 32.2. The molecule has 5 nitrogen and oxygen atoms in total. The first kappa shape index (κ1) is 18.3. The molecule has 0 radical (unpaired) electrons. The number of aromatic nitrogens is 3. The Morgan fingerprint density at radius 2 is 1.75 bits per heavy atom. The number of oxazole rings is 1. The van der Waals surface area contributed by atoms with Gasteiger partial charge in [-0.05, 0) is 25.5 Å². The highest BCUT2D eigenvalue weighted by molar-refractivity contribution is 7.98. The third kappa shape index (κ3) is 3.92. The van der Waals surface area contributed by atoms with Gasteiger partial charge < -0.3 is 9.40 Å². The molecule has 4 aromatic rings. The zero-order chi connectivity index (χ0) is 19.5. The normalized spacial score (nSPS) is 10.9. The number of aromatic amines is 1. The largest absolute Gasteiger partial charge is 0.441 e. The van der Waals surface area contributed by atoms with Crippen LogP contribution in [0.4, 0.5) is 0 Å². The van der Waals surface area contributed by atoms with Crippen molar-refractivity contribution in [3.05, 3.63) is 88.0 Å². The molecule has 1 N–H and O–H groups in total. The van der Waals surface area contributed by atoms with Gasteiger partial charge in [0.2, 0.25) is 5.89 Å². The van der Waals surface area contributed by atoms with E-state index >= 15 is 0 Å². The van der Waals surface area contributed by atoms with Crippen molar-refractivity contribution in [3.63, 3.8) is 0 Å². The number of H-pyrrole nitrogens is 1. The molecule has 0 amide bonds. The molecule has 0 spiro atoms. The molecule has 4 rings (SSSR count). The molecule has 0 aliphatic rings. The lowest BCUT2D eigenvalue weighted by Crippen LogP contribution is -2.08. The Morgan fingerprint density at radius 1 is 1.00 bits per heavy atom. The molecule has 140 valence electrons. The van der Waals surface area contributed by atoms with Gasteiger partial charge in [-0.1, -0.05) is 60.3 Å². The molecule has 2 aromatic heterocycles. The summed E-state index contributed by atoms with van der Waals surface area (Å²) in [5.74, 6) is 1.94. The van der Waals surface area contributed by atoms with Crippen molar-refractivity contribution in [1.82, 2.24) is 15.0 Å². The average molecular weight is 389 g/mol. The average Bonchev–Trinajstić information content (AvgIpc) is 3.07. The highest BCUT2D eigenvalue weighted by Gasteiger charge is 2.14. The minimum Gasteiger partial charge on any atom is -0.441 e. The predicted octanol–water partition coefficient (Wildman–Crippen LogP) is 5.00. The summed E-state index contributed by atoms with van der Waals surface area (Å²) in [6, 6.07) is 19.2. The number of thioether (sulfide) groups is 1. The summed E-state index contributed by atoms with van der Waals surface area (Å²) < 4.78 is 5.87. The van der Waals surface area contributed by atoms with Gasteiger partial charge in [-0.3, -0.25) is 4.79 Å². The summed E-state index contributed by atoms with van der Waals surface area (Å²) >= 11 is 1.43. The van der Waals surface area contributed by atoms with Crippen molar-refractivity contribution in [1.29, 1.82) is 0 Å². The Labute approximate surface area is 166 Å². The lowest BCUT2D eigenvalue weighted by molar-refractivity contribution is 0.540. The van der Waals surface area contributed by atoms with E-state index in [0.717, 1.165) is 28.1 Å². The number of nitrogens with one attached hydrogen (secondary N) is 1. The molecule has 0 atom stereocenters. The minimum absolute atomic E-state index is 0.172. The second kappa shape index (κ2) is 7.86. The zero-order valence-corrected chi connectivity index (χ0v) is 16.4. The zero-order valence-electron chi connectivity index (χ0n) is 15.6. The van der Waals surface area contributed by atoms with Crippen LogP contribution in [0.5, 0.6) is 0 Å². The van der Waals surface area contributed by atoms with Crippen LogP contribution in [0.3, 0.4) is 0 Å². The SMILES string of the molecule is Cc1ccccc1-c1nc(CSc2nc(-c3ccccc3)cc(=O)[nH]2)c(C)o1. The van der Waals surface area contributed by atoms with Gasteiger partial charge in [-0.2, -0.15) is 0 Å². The van der Waals surface area contributed by atoms with Gasteiger partial charge in [-0.15, -0.1) is 0 Å². The first-order chi connectivity index (χ1) is 13.6. The second-order valence-electron chi connectivity index (χ2n) is 6.43. The van der Waals surface area contributed by atoms with E-state index in [1.54, 1.807) is 0 Å². The fourth-order valence-electron chi connectivity index (χ4n) is 2.89. The van der Waals surface area contributed by atoms with E-state index in [-0.39, 0.29) is 5.56 Å². The summed E-state index contributed by atoms with van der Waals surface area (Å²) in [7, 11) is 0. The molecule has 28 heavy (non-hydrogen) atoms. The smallest absolute Gasteiger partial charge is 0.252 e. The van der Waals surface area contributed by atoms with Crippen molar-refractivity contribution in [2.24, 2.45) is 0 Å². The van der Waals surface area contributed by atoms with Crippen LogP contribution in [-0.4, -0.2) is 15.0 Å². The maximum atomic E-state index is 12.0. The molecular formula is C22H19N3O2S. The van der Waals surface area contributed by atoms with Gasteiger partial charge in [0.25, 0.3) is 5.56 Å². The number of benzene rings is 2. The van der Waals surface area contributed by atoms with Crippen molar-refractivity contribution in [2.45, 2.75) is 24.8 Å². The van der Waals surface area contributed by atoms with E-state index in [1.165, 1.54) is 17.8 Å². The van der Waals surface area contributed by atoms with E-state index in [9.17, 15) is 4.79 Å². The van der Waals surface area contributed by atoms with Crippen molar-refractivity contribution in [3.8, 4) is 22.7 Å². The Morgan fingerprint density at radius 3 is 2.54 bits per heavy atom. The van der Waals surface area contributed by atoms with Gasteiger partial charge in [0, 0.05) is 22.9 Å². The molecule has 2 aromatic carbocycles. The van der Waals surface area contributed by atoms with Crippen LogP contribution in [0.15, 0.2) is 75.0 Å². The van der Waals surface area contributed by atoms with E-state index < -0.39 is 0 Å². The van der Waals surface area contributed by atoms with Gasteiger partial charge in [-0.25, -0.2) is 9.97 Å². The molecule has 0 fully saturated rings. The molecule has 0 saturated carbocycles. The maximum Gasteiger partial charge on any atom is 0.252 e. The molecule has 0 aliphatic carbocycles. The molecular weight excluding hydrogens is 370 g/mol. The van der Waals surface area contributed by atoms with Crippen LogP contribution in [0.25, 0.3) is 22.7 Å². The van der Waals surface area contributed by atoms with Crippen molar-refractivity contribution in [2.75, 3.05) is 0 Å². The topological polar surface area (TPSA) is 71.8 Å². The Hall–Kier alpha value is -3.12. The summed E-state index contributed by atoms with van der Waals surface area (Å²) in [6.45, 7) is 3.94. The van der Waals surface area contributed by atoms with Gasteiger partial charge >= 0.3 is 0 Å². The quantitative estimate of drug-likeness (QED) is 0.384. The molecule has 0 aliphatic heterocycles. The number of aryl methyl sites for hydroxylation is 2. The standard InChI is InChI=1S/C22H19N3O2S/c1-14-8-6-7-11-17(14)21-23-19(15(2)27-21)13-28-22-24-18(12-20(26)25-22)16-9-4-3-5-10-16/h3-12H,13H2,1-2H3,(H,24,25,26). The predicted molar refractivity (Wildman–Crippen MR) is 111 cm³/mol. The van der Waals surface area contributed by atoms with Crippen molar-refractivity contribution < 1.29 is 4.42 Å². The Bertz CT molecular complexity index is 1170. The summed E-state index contributed by atoms with van der Waals surface area (Å²) in [4.78, 5) is 24.1. The van der Waals surface area contributed by atoms with Gasteiger partial charge in [0.15, 0.2) is 5.16 Å². The Balaban J connectivity index is 1.56. The van der Waals surface area contributed by atoms with E-state index in [1.807, 2.05) is 68.4 Å². The summed E-state index contributed by atoms with van der Waals surface area (Å²) in [6.07, 6.45) is 0. The van der Waals surface area contributed by atoms with Crippen LogP contribution in [0.2, 0.25) is 0 Å². The summed E-state index contributed by atoms with van der Waals surface area (Å²) in [5.41, 5.74) is 4.34. The van der Waals surface area contributed by atoms with Crippen LogP contribution in [0, 0.1) is 13.8 Å². The molecule has 0 unspecified atom stereocenters. The van der Waals surface area contributed by atoms with Crippen LogP contribution < -0.4 is 5.56 Å². The van der Waals surface area contributed by atoms with E-state index in [0.29, 0.717) is 22.5 Å². The molecule has 2 heterocycles. The number of hydrogen-bond donors (Lipinski definition) is 1. The fourth-order valence-corrected chi connectivity index (χ4v) is 3.76. The first-order valence-electron chi connectivity index (χ1n) is 8.92. The Kier molecular flexibility index (Phi) is 5.12. The van der Waals surface area contributed by atoms with Crippen LogP contribution in [-0.2, 0) is 5.75 Å². The van der Waals surface area contributed by atoms with E-state index in [4.69, 9.17) is 4.42 Å². The third-order valence-electron chi connectivity index (χ3n) is 4.40. The van der Waals surface area contributed by atoms with E-state index in [2.05, 4.69) is 15.0 Å². The summed E-state index contributed by atoms with van der Waals surface area (Å²) in [5, 5.41) is 0.561.